The van der Waals surface area contributed by atoms with Gasteiger partial charge in [-0.2, -0.15) is 0 Å². The van der Waals surface area contributed by atoms with Gasteiger partial charge in [0.1, 0.15) is 5.82 Å². The number of fused-ring (bicyclic) bond motifs is 1. The Balaban J connectivity index is 1.32. The summed E-state index contributed by atoms with van der Waals surface area (Å²) in [5.41, 5.74) is 2.55. The van der Waals surface area contributed by atoms with Crippen LogP contribution in [0, 0.1) is 5.92 Å². The Bertz CT molecular complexity index is 1000. The molecule has 1 aromatic carbocycles. The van der Waals surface area contributed by atoms with Crippen molar-refractivity contribution in [1.82, 2.24) is 20.1 Å². The highest BCUT2D eigenvalue weighted by molar-refractivity contribution is 7.99. The van der Waals surface area contributed by atoms with Crippen LogP contribution in [-0.2, 0) is 34.5 Å². The quantitative estimate of drug-likeness (QED) is 0.700. The second kappa shape index (κ2) is 8.47. The Morgan fingerprint density at radius 1 is 1.28 bits per heavy atom. The molecular formula is C20H26N4O3S2. The number of aromatic nitrogens is 3. The number of sulfone groups is 1. The van der Waals surface area contributed by atoms with Crippen molar-refractivity contribution >= 4 is 27.5 Å². The number of carbonyl (C=O) groups is 1. The smallest absolute Gasteiger partial charge is 0.230 e. The zero-order valence-electron chi connectivity index (χ0n) is 16.5. The molecule has 1 saturated heterocycles. The second-order valence-corrected chi connectivity index (χ2v) is 11.1. The van der Waals surface area contributed by atoms with E-state index in [1.165, 1.54) is 22.9 Å². The highest BCUT2D eigenvalue weighted by Crippen LogP contribution is 2.29. The fourth-order valence-electron chi connectivity index (χ4n) is 4.21. The number of carbonyl (C=O) groups excluding carboxylic acids is 1. The van der Waals surface area contributed by atoms with Crippen molar-refractivity contribution in [1.29, 1.82) is 0 Å². The van der Waals surface area contributed by atoms with Gasteiger partial charge >= 0.3 is 0 Å². The molecule has 0 saturated carbocycles. The molecule has 156 valence electrons. The van der Waals surface area contributed by atoms with Gasteiger partial charge in [-0.3, -0.25) is 4.79 Å². The molecule has 9 heteroatoms. The maximum absolute atomic E-state index is 12.5. The maximum Gasteiger partial charge on any atom is 0.230 e. The number of thioether (sulfide) groups is 1. The highest BCUT2D eigenvalue weighted by Gasteiger charge is 2.29. The van der Waals surface area contributed by atoms with E-state index in [0.29, 0.717) is 18.0 Å². The van der Waals surface area contributed by atoms with Gasteiger partial charge in [0.2, 0.25) is 5.91 Å². The van der Waals surface area contributed by atoms with E-state index in [-0.39, 0.29) is 35.1 Å². The van der Waals surface area contributed by atoms with Crippen LogP contribution in [0.4, 0.5) is 0 Å². The van der Waals surface area contributed by atoms with Crippen LogP contribution in [-0.4, -0.2) is 46.3 Å². The third kappa shape index (κ3) is 4.83. The van der Waals surface area contributed by atoms with Crippen molar-refractivity contribution in [2.75, 3.05) is 17.3 Å². The average molecular weight is 435 g/mol. The topological polar surface area (TPSA) is 93.9 Å². The number of benzene rings is 1. The molecule has 0 bridgehead atoms. The number of nitrogens with zero attached hydrogens (tertiary/aromatic N) is 3. The molecule has 2 atom stereocenters. The van der Waals surface area contributed by atoms with E-state index in [0.717, 1.165) is 25.1 Å². The molecule has 1 fully saturated rings. The number of hydrogen-bond donors (Lipinski definition) is 1. The standard InChI is InChI=1S/C20H26N4O3S2/c1-24-18(11-14-9-10-29(26,27)13-14)22-23-20(24)28-12-19(25)21-17-8-4-6-15-5-2-3-7-16(15)17/h2-3,5,7,14,17H,4,6,8-13H2,1H3,(H,21,25)/t14-,17-/m1/s1. The van der Waals surface area contributed by atoms with Crippen LogP contribution in [0.3, 0.4) is 0 Å². The van der Waals surface area contributed by atoms with Crippen molar-refractivity contribution in [2.45, 2.75) is 43.3 Å². The lowest BCUT2D eigenvalue weighted by molar-refractivity contribution is -0.119. The van der Waals surface area contributed by atoms with Crippen LogP contribution in [0.1, 0.15) is 42.3 Å². The summed E-state index contributed by atoms with van der Waals surface area (Å²) in [5.74, 6) is 1.65. The third-order valence-electron chi connectivity index (χ3n) is 5.76. The fraction of sp³-hybridized carbons (Fsp3) is 0.550. The van der Waals surface area contributed by atoms with Gasteiger partial charge in [-0.05, 0) is 42.7 Å². The molecule has 29 heavy (non-hydrogen) atoms. The van der Waals surface area contributed by atoms with E-state index in [9.17, 15) is 13.2 Å². The maximum atomic E-state index is 12.5. The fourth-order valence-corrected chi connectivity index (χ4v) is 6.81. The average Bonchev–Trinajstić information content (AvgIpc) is 3.22. The number of aryl methyl sites for hydroxylation is 1. The summed E-state index contributed by atoms with van der Waals surface area (Å²) in [6, 6.07) is 8.39. The molecule has 1 N–H and O–H groups in total. The molecule has 2 aliphatic rings. The number of rotatable bonds is 6. The third-order valence-corrected chi connectivity index (χ3v) is 8.62. The molecule has 2 heterocycles. The van der Waals surface area contributed by atoms with Gasteiger partial charge in [0, 0.05) is 13.5 Å². The van der Waals surface area contributed by atoms with E-state index in [4.69, 9.17) is 0 Å². The highest BCUT2D eigenvalue weighted by atomic mass is 32.2. The first-order valence-electron chi connectivity index (χ1n) is 10.00. The predicted octanol–water partition coefficient (Wildman–Crippen LogP) is 2.08. The first-order chi connectivity index (χ1) is 13.9. The van der Waals surface area contributed by atoms with Gasteiger partial charge in [-0.15, -0.1) is 10.2 Å². The lowest BCUT2D eigenvalue weighted by Crippen LogP contribution is -2.32. The summed E-state index contributed by atoms with van der Waals surface area (Å²) in [6.07, 6.45) is 4.41. The minimum absolute atomic E-state index is 0.0110. The van der Waals surface area contributed by atoms with E-state index in [2.05, 4.69) is 27.6 Å². The van der Waals surface area contributed by atoms with Gasteiger partial charge in [-0.1, -0.05) is 36.0 Å². The molecule has 4 rings (SSSR count). The first-order valence-corrected chi connectivity index (χ1v) is 12.8. The zero-order chi connectivity index (χ0) is 20.4. The van der Waals surface area contributed by atoms with E-state index >= 15 is 0 Å². The van der Waals surface area contributed by atoms with Crippen LogP contribution in [0.5, 0.6) is 0 Å². The predicted molar refractivity (Wildman–Crippen MR) is 112 cm³/mol. The molecule has 1 amide bonds. The van der Waals surface area contributed by atoms with Crippen molar-refractivity contribution in [3.8, 4) is 0 Å². The molecule has 1 aliphatic heterocycles. The van der Waals surface area contributed by atoms with Crippen LogP contribution in [0.25, 0.3) is 0 Å². The first kappa shape index (κ1) is 20.4. The van der Waals surface area contributed by atoms with Crippen molar-refractivity contribution in [3.05, 3.63) is 41.2 Å². The number of amides is 1. The molecule has 1 aliphatic carbocycles. The van der Waals surface area contributed by atoms with Crippen LogP contribution in [0.15, 0.2) is 29.4 Å². The molecular weight excluding hydrogens is 408 g/mol. The molecule has 0 unspecified atom stereocenters. The molecule has 7 nitrogen and oxygen atoms in total. The van der Waals surface area contributed by atoms with Gasteiger partial charge in [0.25, 0.3) is 0 Å². The SMILES string of the molecule is Cn1c(C[C@H]2CCS(=O)(=O)C2)nnc1SCC(=O)N[C@@H]1CCCc2ccccc21. The molecule has 0 spiro atoms. The Morgan fingerprint density at radius 3 is 2.90 bits per heavy atom. The molecule has 1 aromatic heterocycles. The van der Waals surface area contributed by atoms with Gasteiger partial charge in [-0.25, -0.2) is 8.42 Å². The van der Waals surface area contributed by atoms with Crippen LogP contribution in [0.2, 0.25) is 0 Å². The van der Waals surface area contributed by atoms with Gasteiger partial charge < -0.3 is 9.88 Å². The summed E-state index contributed by atoms with van der Waals surface area (Å²) < 4.78 is 25.2. The Labute approximate surface area is 175 Å². The Kier molecular flexibility index (Phi) is 5.96. The van der Waals surface area contributed by atoms with Crippen molar-refractivity contribution in [2.24, 2.45) is 13.0 Å². The number of nitrogens with one attached hydrogen (secondary N) is 1. The normalized spacial score (nSPS) is 22.9. The van der Waals surface area contributed by atoms with Crippen LogP contribution < -0.4 is 5.32 Å². The summed E-state index contributed by atoms with van der Waals surface area (Å²) in [4.78, 5) is 12.5. The number of hydrogen-bond acceptors (Lipinski definition) is 6. The van der Waals surface area contributed by atoms with Gasteiger partial charge in [0.05, 0.1) is 23.3 Å². The summed E-state index contributed by atoms with van der Waals surface area (Å²) >= 11 is 1.36. The zero-order valence-corrected chi connectivity index (χ0v) is 18.1. The monoisotopic (exact) mass is 434 g/mol. The minimum Gasteiger partial charge on any atom is -0.349 e. The van der Waals surface area contributed by atoms with E-state index in [1.54, 1.807) is 0 Å². The molecule has 2 aromatic rings. The Morgan fingerprint density at radius 2 is 2.10 bits per heavy atom. The van der Waals surface area contributed by atoms with Crippen molar-refractivity contribution in [3.63, 3.8) is 0 Å². The summed E-state index contributed by atoms with van der Waals surface area (Å²) in [6.45, 7) is 0. The van der Waals surface area contributed by atoms with Gasteiger partial charge in [0.15, 0.2) is 15.0 Å². The molecule has 0 radical (unpaired) electrons. The van der Waals surface area contributed by atoms with Crippen LogP contribution >= 0.6 is 11.8 Å². The lowest BCUT2D eigenvalue weighted by Gasteiger charge is -2.26. The second-order valence-electron chi connectivity index (χ2n) is 7.93. The minimum atomic E-state index is -2.89. The summed E-state index contributed by atoms with van der Waals surface area (Å²) in [7, 11) is -1.02. The lowest BCUT2D eigenvalue weighted by atomic mass is 9.88. The van der Waals surface area contributed by atoms with Crippen molar-refractivity contribution < 1.29 is 13.2 Å². The largest absolute Gasteiger partial charge is 0.349 e. The van der Waals surface area contributed by atoms with E-state index < -0.39 is 9.84 Å². The van der Waals surface area contributed by atoms with E-state index in [1.807, 2.05) is 23.7 Å². The Hall–Kier alpha value is -1.87. The summed E-state index contributed by atoms with van der Waals surface area (Å²) in [5, 5.41) is 12.2.